The molecule has 0 spiro atoms. The highest BCUT2D eigenvalue weighted by Gasteiger charge is 2.24. The van der Waals surface area contributed by atoms with Crippen LogP contribution in [0.2, 0.25) is 0 Å². The lowest BCUT2D eigenvalue weighted by atomic mass is 9.96. The van der Waals surface area contributed by atoms with Crippen LogP contribution < -0.4 is 5.32 Å². The van der Waals surface area contributed by atoms with E-state index < -0.39 is 0 Å². The highest BCUT2D eigenvalue weighted by atomic mass is 16.6. The summed E-state index contributed by atoms with van der Waals surface area (Å²) >= 11 is 0. The predicted octanol–water partition coefficient (Wildman–Crippen LogP) is 2.06. The van der Waals surface area contributed by atoms with Crippen LogP contribution in [0.5, 0.6) is 0 Å². The summed E-state index contributed by atoms with van der Waals surface area (Å²) in [5, 5.41) is 3.22. The summed E-state index contributed by atoms with van der Waals surface area (Å²) in [4.78, 5) is 12.0. The molecule has 0 aliphatic carbocycles. The van der Waals surface area contributed by atoms with Crippen LogP contribution in [0.1, 0.15) is 30.9 Å². The van der Waals surface area contributed by atoms with Gasteiger partial charge in [-0.1, -0.05) is 37.6 Å². The molecule has 20 heavy (non-hydrogen) atoms. The maximum atomic E-state index is 12.0. The molecule has 1 aliphatic rings. The minimum Gasteiger partial charge on any atom is -0.462 e. The van der Waals surface area contributed by atoms with Crippen molar-refractivity contribution in [1.29, 1.82) is 0 Å². The highest BCUT2D eigenvalue weighted by Crippen LogP contribution is 2.16. The van der Waals surface area contributed by atoms with E-state index in [0.717, 1.165) is 26.0 Å². The first-order valence-corrected chi connectivity index (χ1v) is 7.35. The van der Waals surface area contributed by atoms with E-state index in [1.807, 2.05) is 12.1 Å². The van der Waals surface area contributed by atoms with E-state index in [-0.39, 0.29) is 12.0 Å². The summed E-state index contributed by atoms with van der Waals surface area (Å²) in [5.41, 5.74) is 2.49. The van der Waals surface area contributed by atoms with E-state index in [0.29, 0.717) is 19.6 Å². The average Bonchev–Trinajstić information content (AvgIpc) is 2.50. The van der Waals surface area contributed by atoms with Crippen LogP contribution in [-0.2, 0) is 27.2 Å². The minimum absolute atomic E-state index is 0.182. The highest BCUT2D eigenvalue weighted by molar-refractivity contribution is 5.76. The van der Waals surface area contributed by atoms with Gasteiger partial charge in [0.2, 0.25) is 0 Å². The second-order valence-electron chi connectivity index (χ2n) is 5.04. The van der Waals surface area contributed by atoms with Gasteiger partial charge in [-0.2, -0.15) is 0 Å². The maximum absolute atomic E-state index is 12.0. The lowest BCUT2D eigenvalue weighted by molar-refractivity contribution is -0.148. The van der Waals surface area contributed by atoms with Crippen LogP contribution >= 0.6 is 0 Å². The molecule has 4 heteroatoms. The fraction of sp³-hybridized carbons (Fsp3) is 0.562. The molecule has 0 saturated heterocycles. The third-order valence-corrected chi connectivity index (χ3v) is 3.48. The summed E-state index contributed by atoms with van der Waals surface area (Å²) in [7, 11) is 0. The zero-order chi connectivity index (χ0) is 14.2. The summed E-state index contributed by atoms with van der Waals surface area (Å²) in [5.74, 6) is -0.182. The Hall–Kier alpha value is -1.39. The Labute approximate surface area is 120 Å². The number of esters is 1. The zero-order valence-corrected chi connectivity index (χ0v) is 12.1. The Kier molecular flexibility index (Phi) is 6.02. The van der Waals surface area contributed by atoms with Gasteiger partial charge in [-0.15, -0.1) is 0 Å². The number of carbonyl (C=O) groups is 1. The van der Waals surface area contributed by atoms with Gasteiger partial charge in [0, 0.05) is 13.2 Å². The smallest absolute Gasteiger partial charge is 0.323 e. The molecule has 0 saturated carbocycles. The molecule has 110 valence electrons. The van der Waals surface area contributed by atoms with Crippen molar-refractivity contribution in [1.82, 2.24) is 5.32 Å². The Bertz CT molecular complexity index is 433. The lowest BCUT2D eigenvalue weighted by Crippen LogP contribution is -2.43. The third kappa shape index (κ3) is 4.32. The van der Waals surface area contributed by atoms with Crippen molar-refractivity contribution < 1.29 is 14.3 Å². The molecule has 0 bridgehead atoms. The monoisotopic (exact) mass is 277 g/mol. The van der Waals surface area contributed by atoms with E-state index >= 15 is 0 Å². The van der Waals surface area contributed by atoms with Crippen LogP contribution in [-0.4, -0.2) is 31.8 Å². The van der Waals surface area contributed by atoms with Crippen LogP contribution in [0.25, 0.3) is 0 Å². The minimum atomic E-state index is -0.236. The van der Waals surface area contributed by atoms with Gasteiger partial charge in [0.25, 0.3) is 0 Å². The topological polar surface area (TPSA) is 47.6 Å². The molecular weight excluding hydrogens is 254 g/mol. The van der Waals surface area contributed by atoms with Crippen LogP contribution in [0.3, 0.4) is 0 Å². The van der Waals surface area contributed by atoms with Crippen molar-refractivity contribution in [2.75, 3.05) is 19.8 Å². The maximum Gasteiger partial charge on any atom is 0.323 e. The first kappa shape index (κ1) is 15.0. The molecule has 1 aromatic carbocycles. The first-order valence-electron chi connectivity index (χ1n) is 7.35. The van der Waals surface area contributed by atoms with Gasteiger partial charge in [-0.3, -0.25) is 4.79 Å². The fourth-order valence-electron chi connectivity index (χ4n) is 2.27. The number of unbranched alkanes of at least 4 members (excludes halogenated alkanes) is 1. The Morgan fingerprint density at radius 1 is 1.25 bits per heavy atom. The average molecular weight is 277 g/mol. The number of carbonyl (C=O) groups excluding carboxylic acids is 1. The van der Waals surface area contributed by atoms with Gasteiger partial charge >= 0.3 is 5.97 Å². The number of ether oxygens (including phenoxy) is 2. The number of fused-ring (bicyclic) bond motifs is 1. The normalized spacial score (nSPS) is 17.6. The number of benzene rings is 1. The Morgan fingerprint density at radius 3 is 2.85 bits per heavy atom. The predicted molar refractivity (Wildman–Crippen MR) is 77.5 cm³/mol. The van der Waals surface area contributed by atoms with E-state index in [2.05, 4.69) is 24.4 Å². The quantitative estimate of drug-likeness (QED) is 0.612. The Morgan fingerprint density at radius 2 is 2.05 bits per heavy atom. The van der Waals surface area contributed by atoms with Crippen molar-refractivity contribution in [2.24, 2.45) is 0 Å². The molecule has 1 aromatic rings. The number of nitrogens with one attached hydrogen (secondary N) is 1. The SMILES string of the molecule is CCCCOCCOC(=O)C1Cc2ccccc2CN1. The molecule has 0 fully saturated rings. The van der Waals surface area contributed by atoms with Crippen molar-refractivity contribution in [3.8, 4) is 0 Å². The molecule has 1 aliphatic heterocycles. The molecule has 4 nitrogen and oxygen atoms in total. The second kappa shape index (κ2) is 8.02. The number of hydrogen-bond donors (Lipinski definition) is 1. The first-order chi connectivity index (χ1) is 9.81. The fourth-order valence-corrected chi connectivity index (χ4v) is 2.27. The van der Waals surface area contributed by atoms with Crippen LogP contribution in [0.4, 0.5) is 0 Å². The second-order valence-corrected chi connectivity index (χ2v) is 5.04. The summed E-state index contributed by atoms with van der Waals surface area (Å²) < 4.78 is 10.6. The van der Waals surface area contributed by atoms with E-state index in [1.54, 1.807) is 0 Å². The molecule has 0 aromatic heterocycles. The molecule has 0 radical (unpaired) electrons. The molecule has 0 amide bonds. The van der Waals surface area contributed by atoms with Gasteiger partial charge in [0.05, 0.1) is 6.61 Å². The lowest BCUT2D eigenvalue weighted by Gasteiger charge is -2.24. The summed E-state index contributed by atoms with van der Waals surface area (Å²) in [6.45, 7) is 4.40. The largest absolute Gasteiger partial charge is 0.462 e. The third-order valence-electron chi connectivity index (χ3n) is 3.48. The van der Waals surface area contributed by atoms with Crippen molar-refractivity contribution in [3.63, 3.8) is 0 Å². The molecule has 2 rings (SSSR count). The molecular formula is C16H23NO3. The van der Waals surface area contributed by atoms with E-state index in [4.69, 9.17) is 9.47 Å². The molecule has 1 N–H and O–H groups in total. The summed E-state index contributed by atoms with van der Waals surface area (Å²) in [6.07, 6.45) is 2.87. The van der Waals surface area contributed by atoms with Crippen molar-refractivity contribution in [2.45, 2.75) is 38.8 Å². The van der Waals surface area contributed by atoms with Crippen LogP contribution in [0, 0.1) is 0 Å². The van der Waals surface area contributed by atoms with Gasteiger partial charge in [0.15, 0.2) is 0 Å². The van der Waals surface area contributed by atoms with Gasteiger partial charge in [-0.05, 0) is 24.0 Å². The molecule has 1 atom stereocenters. The van der Waals surface area contributed by atoms with Gasteiger partial charge in [0.1, 0.15) is 12.6 Å². The summed E-state index contributed by atoms with van der Waals surface area (Å²) in [6, 6.07) is 7.96. The standard InChI is InChI=1S/C16H23NO3/c1-2-3-8-19-9-10-20-16(18)15-11-13-6-4-5-7-14(13)12-17-15/h4-7,15,17H,2-3,8-12H2,1H3. The number of rotatable bonds is 7. The molecule has 1 unspecified atom stereocenters. The number of hydrogen-bond acceptors (Lipinski definition) is 4. The van der Waals surface area contributed by atoms with Crippen molar-refractivity contribution >= 4 is 5.97 Å². The zero-order valence-electron chi connectivity index (χ0n) is 12.1. The van der Waals surface area contributed by atoms with Gasteiger partial charge < -0.3 is 14.8 Å². The Balaban J connectivity index is 1.69. The van der Waals surface area contributed by atoms with Gasteiger partial charge in [-0.25, -0.2) is 0 Å². The van der Waals surface area contributed by atoms with Crippen LogP contribution in [0.15, 0.2) is 24.3 Å². The van der Waals surface area contributed by atoms with E-state index in [1.165, 1.54) is 11.1 Å². The van der Waals surface area contributed by atoms with Crippen molar-refractivity contribution in [3.05, 3.63) is 35.4 Å². The molecule has 1 heterocycles. The van der Waals surface area contributed by atoms with E-state index in [9.17, 15) is 4.79 Å².